The predicted octanol–water partition coefficient (Wildman–Crippen LogP) is 2.12. The molecule has 0 aliphatic carbocycles. The van der Waals surface area contributed by atoms with Crippen molar-refractivity contribution in [3.05, 3.63) is 65.7 Å². The molecule has 0 radical (unpaired) electrons. The summed E-state index contributed by atoms with van der Waals surface area (Å²) in [4.78, 5) is 39.3. The van der Waals surface area contributed by atoms with Crippen LogP contribution in [-0.2, 0) is 22.6 Å². The van der Waals surface area contributed by atoms with Crippen LogP contribution in [0, 0.1) is 0 Å². The summed E-state index contributed by atoms with van der Waals surface area (Å²) in [5.74, 6) is -1.74. The quantitative estimate of drug-likeness (QED) is 0.601. The second kappa shape index (κ2) is 7.11. The molecule has 3 amide bonds. The molecule has 140 valence electrons. The van der Waals surface area contributed by atoms with Gasteiger partial charge in [0.05, 0.1) is 0 Å². The first-order chi connectivity index (χ1) is 12.8. The number of nitrogens with zero attached hydrogens (tertiary/aromatic N) is 2. The average molecular weight is 367 g/mol. The Morgan fingerprint density at radius 1 is 1.04 bits per heavy atom. The van der Waals surface area contributed by atoms with E-state index in [1.165, 1.54) is 4.90 Å². The molecule has 1 aliphatic heterocycles. The number of rotatable bonds is 6. The van der Waals surface area contributed by atoms with E-state index in [-0.39, 0.29) is 13.0 Å². The van der Waals surface area contributed by atoms with Gasteiger partial charge in [0.1, 0.15) is 12.1 Å². The highest BCUT2D eigenvalue weighted by molar-refractivity contribution is 6.08. The van der Waals surface area contributed by atoms with E-state index in [0.717, 1.165) is 16.0 Å². The van der Waals surface area contributed by atoms with E-state index in [4.69, 9.17) is 10.8 Å². The number of nitrogen functional groups attached to an aromatic ring is 1. The van der Waals surface area contributed by atoms with Crippen molar-refractivity contribution in [2.24, 2.45) is 0 Å². The molecule has 0 spiro atoms. The summed E-state index contributed by atoms with van der Waals surface area (Å²) < 4.78 is 0. The van der Waals surface area contributed by atoms with Gasteiger partial charge in [-0.25, -0.2) is 4.79 Å². The summed E-state index contributed by atoms with van der Waals surface area (Å²) >= 11 is 0. The van der Waals surface area contributed by atoms with E-state index < -0.39 is 30.0 Å². The maximum Gasteiger partial charge on any atom is 0.328 e. The number of aliphatic carboxylic acids is 1. The Kier molecular flexibility index (Phi) is 4.85. The molecule has 7 nitrogen and oxygen atoms in total. The number of hydrogen-bond acceptors (Lipinski definition) is 4. The minimum absolute atomic E-state index is 0.215. The summed E-state index contributed by atoms with van der Waals surface area (Å²) in [7, 11) is 0. The topological polar surface area (TPSA) is 104 Å². The fourth-order valence-corrected chi connectivity index (χ4v) is 3.34. The molecule has 0 aromatic heterocycles. The van der Waals surface area contributed by atoms with Crippen LogP contribution in [0.5, 0.6) is 0 Å². The molecule has 1 heterocycles. The Labute approximate surface area is 157 Å². The summed E-state index contributed by atoms with van der Waals surface area (Å²) in [5, 5.41) is 9.10. The number of carbonyl (C=O) groups is 3. The second-order valence-electron chi connectivity index (χ2n) is 6.83. The van der Waals surface area contributed by atoms with Gasteiger partial charge in [0.2, 0.25) is 0 Å². The zero-order valence-electron chi connectivity index (χ0n) is 15.0. The highest BCUT2D eigenvalue weighted by Gasteiger charge is 2.54. The van der Waals surface area contributed by atoms with Gasteiger partial charge in [-0.1, -0.05) is 42.5 Å². The van der Waals surface area contributed by atoms with Crippen LogP contribution in [-0.4, -0.2) is 44.9 Å². The van der Waals surface area contributed by atoms with Crippen LogP contribution in [0.25, 0.3) is 0 Å². The molecule has 1 fully saturated rings. The highest BCUT2D eigenvalue weighted by atomic mass is 16.4. The van der Waals surface area contributed by atoms with Gasteiger partial charge in [-0.05, 0) is 30.2 Å². The average Bonchev–Trinajstić information content (AvgIpc) is 2.80. The Morgan fingerprint density at radius 2 is 1.67 bits per heavy atom. The molecule has 1 unspecified atom stereocenters. The number of anilines is 1. The van der Waals surface area contributed by atoms with Crippen molar-refractivity contribution >= 4 is 23.6 Å². The molecule has 0 bridgehead atoms. The Morgan fingerprint density at radius 3 is 2.26 bits per heavy atom. The molecule has 2 aromatic carbocycles. The standard InChI is InChI=1S/C20H21N3O4/c1-20(11-14-7-9-16(21)10-8-14)18(26)22(13-17(24)25)19(27)23(20)12-15-5-3-2-4-6-15/h2-10H,11-13,21H2,1H3,(H,24,25). The second-order valence-corrected chi connectivity index (χ2v) is 6.83. The van der Waals surface area contributed by atoms with Gasteiger partial charge in [0, 0.05) is 18.7 Å². The van der Waals surface area contributed by atoms with E-state index in [0.29, 0.717) is 5.69 Å². The van der Waals surface area contributed by atoms with E-state index in [1.807, 2.05) is 30.3 Å². The fourth-order valence-electron chi connectivity index (χ4n) is 3.34. The van der Waals surface area contributed by atoms with Crippen LogP contribution >= 0.6 is 0 Å². The number of amides is 3. The number of benzene rings is 2. The van der Waals surface area contributed by atoms with Gasteiger partial charge >= 0.3 is 12.0 Å². The van der Waals surface area contributed by atoms with Crippen molar-refractivity contribution in [2.45, 2.75) is 25.4 Å². The van der Waals surface area contributed by atoms with Gasteiger partial charge in [-0.2, -0.15) is 0 Å². The molecule has 27 heavy (non-hydrogen) atoms. The van der Waals surface area contributed by atoms with E-state index in [2.05, 4.69) is 0 Å². The Bertz CT molecular complexity index is 867. The predicted molar refractivity (Wildman–Crippen MR) is 99.7 cm³/mol. The number of hydrogen-bond donors (Lipinski definition) is 2. The normalized spacial score (nSPS) is 19.6. The maximum absolute atomic E-state index is 13.0. The molecule has 2 aromatic rings. The van der Waals surface area contributed by atoms with Crippen LogP contribution in [0.1, 0.15) is 18.1 Å². The van der Waals surface area contributed by atoms with Crippen molar-refractivity contribution in [1.82, 2.24) is 9.80 Å². The van der Waals surface area contributed by atoms with Crippen molar-refractivity contribution < 1.29 is 19.5 Å². The third kappa shape index (κ3) is 3.62. The van der Waals surface area contributed by atoms with Crippen LogP contribution in [0.4, 0.5) is 10.5 Å². The summed E-state index contributed by atoms with van der Waals surface area (Å²) in [6, 6.07) is 15.8. The number of carbonyl (C=O) groups excluding carboxylic acids is 2. The highest BCUT2D eigenvalue weighted by Crippen LogP contribution is 2.33. The monoisotopic (exact) mass is 367 g/mol. The van der Waals surface area contributed by atoms with Crippen molar-refractivity contribution in [3.8, 4) is 0 Å². The Balaban J connectivity index is 1.96. The molecular weight excluding hydrogens is 346 g/mol. The van der Waals surface area contributed by atoms with Gasteiger partial charge in [0.25, 0.3) is 5.91 Å². The van der Waals surface area contributed by atoms with Gasteiger partial charge in [-0.15, -0.1) is 0 Å². The number of carboxylic acids is 1. The molecule has 3 N–H and O–H groups in total. The lowest BCUT2D eigenvalue weighted by atomic mass is 9.90. The van der Waals surface area contributed by atoms with E-state index >= 15 is 0 Å². The SMILES string of the molecule is CC1(Cc2ccc(N)cc2)C(=O)N(CC(=O)O)C(=O)N1Cc1ccccc1. The van der Waals surface area contributed by atoms with E-state index in [1.54, 1.807) is 31.2 Å². The van der Waals surface area contributed by atoms with Crippen molar-refractivity contribution in [3.63, 3.8) is 0 Å². The first-order valence-electron chi connectivity index (χ1n) is 8.55. The zero-order valence-corrected chi connectivity index (χ0v) is 15.0. The molecule has 0 saturated carbocycles. The molecule has 3 rings (SSSR count). The largest absolute Gasteiger partial charge is 0.480 e. The van der Waals surface area contributed by atoms with Gasteiger partial charge < -0.3 is 15.7 Å². The first kappa shape index (κ1) is 18.4. The van der Waals surface area contributed by atoms with Crippen LogP contribution in [0.3, 0.4) is 0 Å². The minimum atomic E-state index is -1.23. The third-order valence-corrected chi connectivity index (χ3v) is 4.77. The lowest BCUT2D eigenvalue weighted by Gasteiger charge is -2.32. The molecular formula is C20H21N3O4. The summed E-state index contributed by atoms with van der Waals surface area (Å²) in [5.41, 5.74) is 6.84. The molecule has 7 heteroatoms. The first-order valence-corrected chi connectivity index (χ1v) is 8.55. The van der Waals surface area contributed by atoms with E-state index in [9.17, 15) is 14.4 Å². The summed E-state index contributed by atoms with van der Waals surface area (Å²) in [6.07, 6.45) is 0.265. The van der Waals surface area contributed by atoms with Crippen LogP contribution < -0.4 is 5.73 Å². The number of nitrogens with two attached hydrogens (primary N) is 1. The van der Waals surface area contributed by atoms with Crippen molar-refractivity contribution in [2.75, 3.05) is 12.3 Å². The number of carboxylic acid groups (broad SMARTS) is 1. The van der Waals surface area contributed by atoms with Crippen LogP contribution in [0.15, 0.2) is 54.6 Å². The molecule has 1 aliphatic rings. The zero-order chi connectivity index (χ0) is 19.6. The van der Waals surface area contributed by atoms with Crippen molar-refractivity contribution in [1.29, 1.82) is 0 Å². The lowest BCUT2D eigenvalue weighted by molar-refractivity contribution is -0.143. The smallest absolute Gasteiger partial charge is 0.328 e. The minimum Gasteiger partial charge on any atom is -0.480 e. The fraction of sp³-hybridized carbons (Fsp3) is 0.250. The number of urea groups is 1. The molecule has 1 saturated heterocycles. The summed E-state index contributed by atoms with van der Waals surface area (Å²) in [6.45, 7) is 1.24. The third-order valence-electron chi connectivity index (χ3n) is 4.77. The lowest BCUT2D eigenvalue weighted by Crippen LogP contribution is -2.48. The Hall–Kier alpha value is -3.35. The number of imide groups is 1. The molecule has 1 atom stereocenters. The maximum atomic E-state index is 13.0. The van der Waals surface area contributed by atoms with Gasteiger partial charge in [0.15, 0.2) is 0 Å². The van der Waals surface area contributed by atoms with Crippen LogP contribution in [0.2, 0.25) is 0 Å². The van der Waals surface area contributed by atoms with Gasteiger partial charge in [-0.3, -0.25) is 14.5 Å².